The van der Waals surface area contributed by atoms with E-state index >= 15 is 0 Å². The third-order valence-electron chi connectivity index (χ3n) is 11.3. The Labute approximate surface area is 342 Å². The van der Waals surface area contributed by atoms with Crippen LogP contribution in [0.4, 0.5) is 0 Å². The van der Waals surface area contributed by atoms with E-state index in [0.29, 0.717) is 17.5 Å². The van der Waals surface area contributed by atoms with Crippen molar-refractivity contribution in [2.45, 2.75) is 0 Å². The van der Waals surface area contributed by atoms with Crippen molar-refractivity contribution >= 4 is 32.6 Å². The zero-order valence-electron chi connectivity index (χ0n) is 32.1. The van der Waals surface area contributed by atoms with E-state index in [2.05, 4.69) is 217 Å². The summed E-state index contributed by atoms with van der Waals surface area (Å²) in [6.07, 6.45) is 0. The lowest BCUT2D eigenvalue weighted by molar-refractivity contribution is 1.07. The molecule has 0 radical (unpaired) electrons. The number of aromatic nitrogens is 4. The number of hydrogen-bond acceptors (Lipinski definition) is 3. The highest BCUT2D eigenvalue weighted by Gasteiger charge is 2.19. The second-order valence-electron chi connectivity index (χ2n) is 14.9. The molecule has 276 valence electrons. The Morgan fingerprint density at radius 2 is 0.661 bits per heavy atom. The zero-order chi connectivity index (χ0) is 39.1. The molecule has 11 rings (SSSR count). The number of rotatable bonds is 7. The van der Waals surface area contributed by atoms with Gasteiger partial charge in [0, 0.05) is 33.0 Å². The van der Waals surface area contributed by atoms with Crippen molar-refractivity contribution in [1.29, 1.82) is 0 Å². The maximum atomic E-state index is 5.25. The van der Waals surface area contributed by atoms with Crippen molar-refractivity contribution in [2.75, 3.05) is 0 Å². The third-order valence-corrected chi connectivity index (χ3v) is 11.3. The molecule has 0 aliphatic heterocycles. The fraction of sp³-hybridized carbons (Fsp3) is 0. The predicted octanol–water partition coefficient (Wildman–Crippen LogP) is 14.1. The molecule has 11 aromatic rings. The number of nitrogens with zero attached hydrogens (tertiary/aromatic N) is 4. The summed E-state index contributed by atoms with van der Waals surface area (Å²) in [5.74, 6) is 1.85. The SMILES string of the molecule is c1ccc(-c2ccc(-c3nc(-c4ccc(-c5ccccc5)c(-n5c6ccccc6c6ccccc65)c4)nc(-c4ccc5cc(-c6ccccc6)ccc5c4)n3)cc2)cc1. The molecule has 4 heteroatoms. The monoisotopic (exact) mass is 752 g/mol. The number of hydrogen-bond donors (Lipinski definition) is 0. The molecule has 0 N–H and O–H groups in total. The fourth-order valence-corrected chi connectivity index (χ4v) is 8.30. The van der Waals surface area contributed by atoms with Gasteiger partial charge in [-0.25, -0.2) is 15.0 Å². The van der Waals surface area contributed by atoms with Crippen LogP contribution in [0.1, 0.15) is 0 Å². The highest BCUT2D eigenvalue weighted by atomic mass is 15.0. The minimum absolute atomic E-state index is 0.610. The summed E-state index contributed by atoms with van der Waals surface area (Å²) in [5.41, 5.74) is 13.0. The van der Waals surface area contributed by atoms with Gasteiger partial charge in [0.15, 0.2) is 17.5 Å². The van der Waals surface area contributed by atoms with Crippen LogP contribution >= 0.6 is 0 Å². The Hall–Kier alpha value is -7.95. The molecule has 0 atom stereocenters. The Morgan fingerprint density at radius 1 is 0.271 bits per heavy atom. The lowest BCUT2D eigenvalue weighted by atomic mass is 9.99. The average Bonchev–Trinajstić information content (AvgIpc) is 3.66. The molecule has 0 unspecified atom stereocenters. The van der Waals surface area contributed by atoms with E-state index in [0.717, 1.165) is 60.9 Å². The highest BCUT2D eigenvalue weighted by molar-refractivity contribution is 6.10. The summed E-state index contributed by atoms with van der Waals surface area (Å²) in [6, 6.07) is 77.0. The van der Waals surface area contributed by atoms with Gasteiger partial charge in [-0.05, 0) is 68.9 Å². The van der Waals surface area contributed by atoms with E-state index in [1.165, 1.54) is 27.5 Å². The zero-order valence-corrected chi connectivity index (χ0v) is 32.1. The van der Waals surface area contributed by atoms with E-state index in [1.54, 1.807) is 0 Å². The summed E-state index contributed by atoms with van der Waals surface area (Å²) in [6.45, 7) is 0. The maximum absolute atomic E-state index is 5.25. The first-order valence-electron chi connectivity index (χ1n) is 19.9. The first kappa shape index (κ1) is 34.3. The summed E-state index contributed by atoms with van der Waals surface area (Å²) >= 11 is 0. The van der Waals surface area contributed by atoms with Crippen molar-refractivity contribution in [3.63, 3.8) is 0 Å². The summed E-state index contributed by atoms with van der Waals surface area (Å²) < 4.78 is 2.38. The summed E-state index contributed by atoms with van der Waals surface area (Å²) in [5, 5.41) is 4.71. The lowest BCUT2D eigenvalue weighted by Crippen LogP contribution is -2.02. The van der Waals surface area contributed by atoms with Crippen LogP contribution in [-0.4, -0.2) is 19.5 Å². The molecule has 2 aromatic heterocycles. The second kappa shape index (κ2) is 14.5. The average molecular weight is 753 g/mol. The number of fused-ring (bicyclic) bond motifs is 4. The van der Waals surface area contributed by atoms with Gasteiger partial charge in [0.1, 0.15) is 0 Å². The van der Waals surface area contributed by atoms with Crippen LogP contribution in [0.5, 0.6) is 0 Å². The van der Waals surface area contributed by atoms with Crippen molar-refractivity contribution < 1.29 is 0 Å². The van der Waals surface area contributed by atoms with Gasteiger partial charge in [0.05, 0.1) is 16.7 Å². The summed E-state index contributed by atoms with van der Waals surface area (Å²) in [7, 11) is 0. The summed E-state index contributed by atoms with van der Waals surface area (Å²) in [4.78, 5) is 15.6. The maximum Gasteiger partial charge on any atom is 0.164 e. The van der Waals surface area contributed by atoms with E-state index in [9.17, 15) is 0 Å². The van der Waals surface area contributed by atoms with E-state index in [1.807, 2.05) is 6.07 Å². The molecular weight excluding hydrogens is 717 g/mol. The number of para-hydroxylation sites is 2. The molecule has 9 aromatic carbocycles. The smallest absolute Gasteiger partial charge is 0.164 e. The van der Waals surface area contributed by atoms with Crippen molar-refractivity contribution in [3.8, 4) is 73.2 Å². The Bertz CT molecular complexity index is 3250. The first-order chi connectivity index (χ1) is 29.2. The van der Waals surface area contributed by atoms with Gasteiger partial charge in [-0.1, -0.05) is 188 Å². The third kappa shape index (κ3) is 6.34. The van der Waals surface area contributed by atoms with Crippen LogP contribution in [0, 0.1) is 0 Å². The van der Waals surface area contributed by atoms with Crippen LogP contribution in [0.3, 0.4) is 0 Å². The molecule has 0 saturated carbocycles. The minimum Gasteiger partial charge on any atom is -0.309 e. The van der Waals surface area contributed by atoms with Crippen molar-refractivity contribution in [2.24, 2.45) is 0 Å². The van der Waals surface area contributed by atoms with Crippen LogP contribution < -0.4 is 0 Å². The normalized spacial score (nSPS) is 11.4. The Kier molecular flexibility index (Phi) is 8.45. The molecular formula is C55H36N4. The van der Waals surface area contributed by atoms with Gasteiger partial charge < -0.3 is 4.57 Å². The van der Waals surface area contributed by atoms with Crippen molar-refractivity contribution in [3.05, 3.63) is 218 Å². The van der Waals surface area contributed by atoms with Gasteiger partial charge in [-0.3, -0.25) is 0 Å². The predicted molar refractivity (Wildman–Crippen MR) is 244 cm³/mol. The topological polar surface area (TPSA) is 43.6 Å². The van der Waals surface area contributed by atoms with Gasteiger partial charge in [-0.2, -0.15) is 0 Å². The molecule has 0 amide bonds. The molecule has 0 aliphatic carbocycles. The Balaban J connectivity index is 1.10. The Morgan fingerprint density at radius 3 is 1.25 bits per heavy atom. The largest absolute Gasteiger partial charge is 0.309 e. The first-order valence-corrected chi connectivity index (χ1v) is 19.9. The molecule has 59 heavy (non-hydrogen) atoms. The van der Waals surface area contributed by atoms with Gasteiger partial charge in [-0.15, -0.1) is 0 Å². The van der Waals surface area contributed by atoms with Gasteiger partial charge in [0.2, 0.25) is 0 Å². The van der Waals surface area contributed by atoms with Crippen molar-refractivity contribution in [1.82, 2.24) is 19.5 Å². The van der Waals surface area contributed by atoms with Crippen LogP contribution in [0.25, 0.3) is 106 Å². The van der Waals surface area contributed by atoms with E-state index in [-0.39, 0.29) is 0 Å². The van der Waals surface area contributed by atoms with Gasteiger partial charge >= 0.3 is 0 Å². The minimum atomic E-state index is 0.610. The second-order valence-corrected chi connectivity index (χ2v) is 14.9. The van der Waals surface area contributed by atoms with Crippen LogP contribution in [0.15, 0.2) is 218 Å². The molecule has 0 spiro atoms. The molecule has 0 fully saturated rings. The number of benzene rings is 9. The standard InChI is InChI=1S/C55H36N4/c1-4-14-37(15-5-1)39-24-26-41(27-25-39)53-56-54(45-31-30-43-34-42(28-29-44(43)35-45)38-16-6-2-7-17-38)58-55(57-53)46-32-33-47(40-18-8-3-9-19-40)52(36-46)59-50-22-12-10-20-48(50)49-21-11-13-23-51(49)59/h1-36H. The molecule has 4 nitrogen and oxygen atoms in total. The van der Waals surface area contributed by atoms with Crippen LogP contribution in [0.2, 0.25) is 0 Å². The van der Waals surface area contributed by atoms with E-state index in [4.69, 9.17) is 15.0 Å². The molecule has 0 saturated heterocycles. The van der Waals surface area contributed by atoms with Gasteiger partial charge in [0.25, 0.3) is 0 Å². The highest BCUT2D eigenvalue weighted by Crippen LogP contribution is 2.38. The fourth-order valence-electron chi connectivity index (χ4n) is 8.30. The van der Waals surface area contributed by atoms with Crippen LogP contribution in [-0.2, 0) is 0 Å². The molecule has 2 heterocycles. The molecule has 0 aliphatic rings. The lowest BCUT2D eigenvalue weighted by Gasteiger charge is -2.16. The molecule has 0 bridgehead atoms. The van der Waals surface area contributed by atoms with E-state index < -0.39 is 0 Å². The quantitative estimate of drug-likeness (QED) is 0.163.